The first-order valence-electron chi connectivity index (χ1n) is 14.2. The van der Waals surface area contributed by atoms with Gasteiger partial charge in [0.15, 0.2) is 0 Å². The largest absolute Gasteiger partial charge is 0.480 e. The van der Waals surface area contributed by atoms with Gasteiger partial charge in [0.2, 0.25) is 5.78 Å². The van der Waals surface area contributed by atoms with Crippen LogP contribution in [0.25, 0.3) is 5.52 Å². The zero-order chi connectivity index (χ0) is 28.1. The van der Waals surface area contributed by atoms with Gasteiger partial charge in [-0.1, -0.05) is 51.0 Å². The van der Waals surface area contributed by atoms with Crippen LogP contribution in [0.1, 0.15) is 103 Å². The summed E-state index contributed by atoms with van der Waals surface area (Å²) >= 11 is 0. The van der Waals surface area contributed by atoms with Crippen molar-refractivity contribution in [3.8, 4) is 0 Å². The molecule has 1 aliphatic carbocycles. The van der Waals surface area contributed by atoms with Gasteiger partial charge in [-0.15, -0.1) is 0 Å². The number of carboxylic acid groups (broad SMARTS) is 1. The zero-order valence-corrected chi connectivity index (χ0v) is 23.6. The first kappa shape index (κ1) is 28.6. The zero-order valence-electron chi connectivity index (χ0n) is 23.6. The van der Waals surface area contributed by atoms with Gasteiger partial charge >= 0.3 is 5.97 Å². The number of amides is 1. The van der Waals surface area contributed by atoms with Crippen LogP contribution in [0.4, 0.5) is 0 Å². The van der Waals surface area contributed by atoms with E-state index in [1.54, 1.807) is 32.2 Å². The summed E-state index contributed by atoms with van der Waals surface area (Å²) in [5.74, 6) is -1.35. The summed E-state index contributed by atoms with van der Waals surface area (Å²) in [4.78, 5) is 39.5. The quantitative estimate of drug-likeness (QED) is 0.231. The number of aryl methyl sites for hydroxylation is 1. The molecule has 0 radical (unpaired) electrons. The molecule has 1 saturated carbocycles. The van der Waals surface area contributed by atoms with Gasteiger partial charge in [-0.3, -0.25) is 14.4 Å². The van der Waals surface area contributed by atoms with Crippen LogP contribution >= 0.6 is 0 Å². The van der Waals surface area contributed by atoms with Gasteiger partial charge in [-0.05, 0) is 81.3 Å². The molecular formula is C32H41N3O4. The predicted octanol–water partition coefficient (Wildman–Crippen LogP) is 5.69. The molecule has 4 rings (SSSR count). The molecule has 0 atom stereocenters. The fraction of sp³-hybridized carbons (Fsp3) is 0.469. The molecule has 1 amide bonds. The maximum atomic E-state index is 13.7. The molecular weight excluding hydrogens is 490 g/mol. The Balaban J connectivity index is 1.53. The van der Waals surface area contributed by atoms with Crippen molar-refractivity contribution in [3.05, 3.63) is 76.6 Å². The molecule has 0 aliphatic heterocycles. The molecule has 2 aromatic heterocycles. The third-order valence-electron chi connectivity index (χ3n) is 7.72. The molecule has 0 unspecified atom stereocenters. The molecule has 1 fully saturated rings. The van der Waals surface area contributed by atoms with Gasteiger partial charge in [0.05, 0.1) is 5.69 Å². The normalized spacial score (nSPS) is 14.0. The minimum absolute atomic E-state index is 0.0538. The molecule has 1 aliphatic rings. The van der Waals surface area contributed by atoms with Gasteiger partial charge in [0.25, 0.3) is 5.91 Å². The van der Waals surface area contributed by atoms with Gasteiger partial charge in [-0.25, -0.2) is 0 Å². The molecule has 7 nitrogen and oxygen atoms in total. The molecule has 39 heavy (non-hydrogen) atoms. The maximum Gasteiger partial charge on any atom is 0.323 e. The lowest BCUT2D eigenvalue weighted by Gasteiger charge is -2.25. The van der Waals surface area contributed by atoms with E-state index < -0.39 is 5.97 Å². The SMILES string of the molecule is CC(C)c1cc2cc(C(=O)N(CC(=O)O)C(C)C)ccn2c1C(=O)c1ccc(CCCNC2CCCC2)cc1. The second-order valence-electron chi connectivity index (χ2n) is 11.3. The van der Waals surface area contributed by atoms with Crippen molar-refractivity contribution < 1.29 is 19.5 Å². The van der Waals surface area contributed by atoms with Crippen molar-refractivity contribution in [2.45, 2.75) is 84.2 Å². The van der Waals surface area contributed by atoms with E-state index in [0.29, 0.717) is 22.9 Å². The van der Waals surface area contributed by atoms with Crippen molar-refractivity contribution in [2.75, 3.05) is 13.1 Å². The van der Waals surface area contributed by atoms with E-state index in [1.807, 2.05) is 48.6 Å². The lowest BCUT2D eigenvalue weighted by molar-refractivity contribution is -0.138. The second-order valence-corrected chi connectivity index (χ2v) is 11.3. The molecule has 0 saturated heterocycles. The van der Waals surface area contributed by atoms with E-state index in [4.69, 9.17) is 0 Å². The molecule has 3 aromatic rings. The Hall–Kier alpha value is -3.45. The van der Waals surface area contributed by atoms with Crippen molar-refractivity contribution in [1.29, 1.82) is 0 Å². The number of carbonyl (C=O) groups is 3. The number of fused-ring (bicyclic) bond motifs is 1. The van der Waals surface area contributed by atoms with Crippen molar-refractivity contribution in [3.63, 3.8) is 0 Å². The minimum Gasteiger partial charge on any atom is -0.480 e. The highest BCUT2D eigenvalue weighted by Gasteiger charge is 2.25. The lowest BCUT2D eigenvalue weighted by Crippen LogP contribution is -2.40. The van der Waals surface area contributed by atoms with Crippen LogP contribution in [-0.4, -0.2) is 57.2 Å². The number of pyridine rings is 1. The fourth-order valence-electron chi connectivity index (χ4n) is 5.50. The van der Waals surface area contributed by atoms with E-state index in [2.05, 4.69) is 5.32 Å². The first-order chi connectivity index (χ1) is 18.7. The van der Waals surface area contributed by atoms with E-state index in [-0.39, 0.29) is 30.2 Å². The van der Waals surface area contributed by atoms with Crippen molar-refractivity contribution in [2.24, 2.45) is 0 Å². The Bertz CT molecular complexity index is 1320. The van der Waals surface area contributed by atoms with Gasteiger partial charge in [0, 0.05) is 34.9 Å². The Kier molecular flexibility index (Phi) is 9.23. The Morgan fingerprint density at radius 2 is 1.69 bits per heavy atom. The van der Waals surface area contributed by atoms with E-state index in [0.717, 1.165) is 30.5 Å². The number of aliphatic carboxylic acids is 1. The molecule has 208 valence electrons. The smallest absolute Gasteiger partial charge is 0.323 e. The van der Waals surface area contributed by atoms with E-state index in [1.165, 1.54) is 36.1 Å². The van der Waals surface area contributed by atoms with Crippen LogP contribution in [-0.2, 0) is 11.2 Å². The first-order valence-corrected chi connectivity index (χ1v) is 14.2. The number of aromatic nitrogens is 1. The minimum atomic E-state index is -1.05. The summed E-state index contributed by atoms with van der Waals surface area (Å²) in [7, 11) is 0. The maximum absolute atomic E-state index is 13.7. The average molecular weight is 532 g/mol. The molecule has 1 aromatic carbocycles. The highest BCUT2D eigenvalue weighted by Crippen LogP contribution is 2.28. The second kappa shape index (κ2) is 12.6. The standard InChI is InChI=1S/C32H41N3O4/c1-21(2)28-19-27-18-25(32(39)35(22(3)4)20-29(36)37)15-17-34(27)30(28)31(38)24-13-11-23(12-14-24)8-7-16-33-26-9-5-6-10-26/h11-15,17-19,21-22,26,33H,5-10,16,20H2,1-4H3,(H,36,37). The summed E-state index contributed by atoms with van der Waals surface area (Å²) in [5.41, 5.74) is 4.51. The number of nitrogens with zero attached hydrogens (tertiary/aromatic N) is 2. The number of ketones is 1. The average Bonchev–Trinajstić information content (AvgIpc) is 3.56. The van der Waals surface area contributed by atoms with Crippen LogP contribution in [0.2, 0.25) is 0 Å². The van der Waals surface area contributed by atoms with Crippen LogP contribution in [0, 0.1) is 0 Å². The molecule has 2 N–H and O–H groups in total. The van der Waals surface area contributed by atoms with Crippen LogP contribution < -0.4 is 5.32 Å². The summed E-state index contributed by atoms with van der Waals surface area (Å²) in [6, 6.07) is 13.7. The van der Waals surface area contributed by atoms with E-state index in [9.17, 15) is 19.5 Å². The number of nitrogens with one attached hydrogen (secondary N) is 1. The molecule has 2 heterocycles. The van der Waals surface area contributed by atoms with Gasteiger partial charge in [0.1, 0.15) is 6.54 Å². The number of carboxylic acids is 1. The van der Waals surface area contributed by atoms with Crippen molar-refractivity contribution >= 4 is 23.2 Å². The number of hydrogen-bond acceptors (Lipinski definition) is 4. The fourth-order valence-corrected chi connectivity index (χ4v) is 5.50. The highest BCUT2D eigenvalue weighted by atomic mass is 16.4. The predicted molar refractivity (Wildman–Crippen MR) is 154 cm³/mol. The third-order valence-corrected chi connectivity index (χ3v) is 7.72. The van der Waals surface area contributed by atoms with Crippen molar-refractivity contribution in [1.82, 2.24) is 14.6 Å². The highest BCUT2D eigenvalue weighted by molar-refractivity contribution is 6.10. The summed E-state index contributed by atoms with van der Waals surface area (Å²) in [6.45, 7) is 8.35. The summed E-state index contributed by atoms with van der Waals surface area (Å²) < 4.78 is 1.84. The van der Waals surface area contributed by atoms with E-state index >= 15 is 0 Å². The summed E-state index contributed by atoms with van der Waals surface area (Å²) in [5, 5.41) is 12.9. The van der Waals surface area contributed by atoms with Crippen LogP contribution in [0.3, 0.4) is 0 Å². The molecule has 0 bridgehead atoms. The number of carbonyl (C=O) groups excluding carboxylic acids is 2. The number of benzene rings is 1. The van der Waals surface area contributed by atoms with Gasteiger partial charge < -0.3 is 19.7 Å². The number of rotatable bonds is 12. The monoisotopic (exact) mass is 531 g/mol. The molecule has 7 heteroatoms. The summed E-state index contributed by atoms with van der Waals surface area (Å²) in [6.07, 6.45) is 9.06. The van der Waals surface area contributed by atoms with Crippen LogP contribution in [0.5, 0.6) is 0 Å². The molecule has 0 spiro atoms. The lowest BCUT2D eigenvalue weighted by atomic mass is 9.97. The van der Waals surface area contributed by atoms with Gasteiger partial charge in [-0.2, -0.15) is 0 Å². The number of hydrogen-bond donors (Lipinski definition) is 2. The Morgan fingerprint density at radius 1 is 1.00 bits per heavy atom. The van der Waals surface area contributed by atoms with Crippen LogP contribution in [0.15, 0.2) is 48.7 Å². The Morgan fingerprint density at radius 3 is 2.31 bits per heavy atom. The topological polar surface area (TPSA) is 91.1 Å². The third kappa shape index (κ3) is 6.77. The Labute approximate surface area is 231 Å².